The lowest BCUT2D eigenvalue weighted by Crippen LogP contribution is -2.07. The Bertz CT molecular complexity index is 103. The predicted molar refractivity (Wildman–Crippen MR) is 51.8 cm³/mol. The third-order valence-electron chi connectivity index (χ3n) is 2.11. The molecule has 1 fully saturated rings. The van der Waals surface area contributed by atoms with E-state index >= 15 is 0 Å². The Balaban J connectivity index is 1.81. The summed E-state index contributed by atoms with van der Waals surface area (Å²) in [5, 5.41) is 0. The van der Waals surface area contributed by atoms with Crippen molar-refractivity contribution in [1.82, 2.24) is 0 Å². The predicted octanol–water partition coefficient (Wildman–Crippen LogP) is 3.33. The largest absolute Gasteiger partial charge is 0.289 e. The Morgan fingerprint density at radius 2 is 2.08 bits per heavy atom. The minimum absolute atomic E-state index is 0.358. The summed E-state index contributed by atoms with van der Waals surface area (Å²) in [6, 6.07) is 0. The van der Waals surface area contributed by atoms with Crippen LogP contribution >= 0.6 is 12.3 Å². The molecule has 0 radical (unpaired) electrons. The highest BCUT2D eigenvalue weighted by molar-refractivity contribution is 7.90. The summed E-state index contributed by atoms with van der Waals surface area (Å²) in [5.41, 5.74) is 0. The van der Waals surface area contributed by atoms with Gasteiger partial charge in [0, 0.05) is 0 Å². The van der Waals surface area contributed by atoms with Crippen molar-refractivity contribution in [1.29, 1.82) is 0 Å². The van der Waals surface area contributed by atoms with Crippen molar-refractivity contribution >= 4 is 12.3 Å². The molecule has 2 nitrogen and oxygen atoms in total. The van der Waals surface area contributed by atoms with Crippen LogP contribution in [0.3, 0.4) is 0 Å². The minimum Gasteiger partial charge on any atom is -0.289 e. The smallest absolute Gasteiger partial charge is 0.159 e. The zero-order valence-corrected chi connectivity index (χ0v) is 8.57. The first-order valence-electron chi connectivity index (χ1n) is 4.88. The van der Waals surface area contributed by atoms with Gasteiger partial charge in [-0.1, -0.05) is 39.0 Å². The van der Waals surface area contributed by atoms with Crippen molar-refractivity contribution in [2.24, 2.45) is 0 Å². The molecule has 0 bridgehead atoms. The summed E-state index contributed by atoms with van der Waals surface area (Å²) in [4.78, 5) is 0. The molecule has 0 aromatic rings. The van der Waals surface area contributed by atoms with Crippen LogP contribution in [0, 0.1) is 0 Å². The maximum atomic E-state index is 5.25. The number of unbranched alkanes of at least 4 members (excludes halogenated alkanes) is 4. The molecule has 0 aliphatic carbocycles. The highest BCUT2D eigenvalue weighted by atomic mass is 32.2. The Morgan fingerprint density at radius 1 is 1.25 bits per heavy atom. The van der Waals surface area contributed by atoms with Crippen molar-refractivity contribution in [2.45, 2.75) is 51.6 Å². The van der Waals surface area contributed by atoms with Crippen LogP contribution in [0.2, 0.25) is 0 Å². The first-order valence-corrected chi connectivity index (χ1v) is 5.55. The summed E-state index contributed by atoms with van der Waals surface area (Å²) in [5.74, 6) is 0. The van der Waals surface area contributed by atoms with E-state index in [1.54, 1.807) is 0 Å². The second kappa shape index (κ2) is 6.75. The second-order valence-corrected chi connectivity index (χ2v) is 3.84. The van der Waals surface area contributed by atoms with E-state index in [1.165, 1.54) is 32.1 Å². The van der Waals surface area contributed by atoms with Gasteiger partial charge in [0.05, 0.1) is 12.7 Å². The SMILES string of the molecule is CCCCCCC[C@@H]1COSO1. The Morgan fingerprint density at radius 3 is 2.75 bits per heavy atom. The molecule has 1 saturated heterocycles. The molecule has 0 amide bonds. The maximum Gasteiger partial charge on any atom is 0.159 e. The van der Waals surface area contributed by atoms with E-state index < -0.39 is 0 Å². The topological polar surface area (TPSA) is 18.5 Å². The third-order valence-corrected chi connectivity index (χ3v) is 2.69. The van der Waals surface area contributed by atoms with E-state index in [0.29, 0.717) is 6.10 Å². The molecule has 72 valence electrons. The molecule has 1 aliphatic rings. The van der Waals surface area contributed by atoms with Gasteiger partial charge in [-0.2, -0.15) is 0 Å². The molecule has 3 heteroatoms. The Kier molecular flexibility index (Phi) is 5.82. The summed E-state index contributed by atoms with van der Waals surface area (Å²) < 4.78 is 10.3. The number of hydrogen-bond donors (Lipinski definition) is 0. The first-order chi connectivity index (χ1) is 5.93. The highest BCUT2D eigenvalue weighted by Gasteiger charge is 2.16. The van der Waals surface area contributed by atoms with Crippen LogP contribution in [-0.2, 0) is 8.37 Å². The molecule has 12 heavy (non-hydrogen) atoms. The van der Waals surface area contributed by atoms with Gasteiger partial charge in [-0.05, 0) is 6.42 Å². The molecule has 0 saturated carbocycles. The van der Waals surface area contributed by atoms with Gasteiger partial charge in [0.25, 0.3) is 0 Å². The van der Waals surface area contributed by atoms with E-state index in [1.807, 2.05) is 0 Å². The first kappa shape index (κ1) is 10.4. The summed E-state index contributed by atoms with van der Waals surface area (Å²) in [7, 11) is 0. The lowest BCUT2D eigenvalue weighted by Gasteiger charge is -2.04. The quantitative estimate of drug-likeness (QED) is 0.473. The molecule has 1 heterocycles. The van der Waals surface area contributed by atoms with Crippen molar-refractivity contribution in [3.05, 3.63) is 0 Å². The zero-order valence-electron chi connectivity index (χ0n) is 7.75. The molecular formula is C9H18O2S. The fraction of sp³-hybridized carbons (Fsp3) is 1.00. The van der Waals surface area contributed by atoms with Crippen molar-refractivity contribution in [3.63, 3.8) is 0 Å². The molecule has 1 rings (SSSR count). The average molecular weight is 190 g/mol. The Hall–Kier alpha value is 0.270. The highest BCUT2D eigenvalue weighted by Crippen LogP contribution is 2.22. The van der Waals surface area contributed by atoms with Crippen molar-refractivity contribution in [3.8, 4) is 0 Å². The van der Waals surface area contributed by atoms with Crippen LogP contribution in [-0.4, -0.2) is 12.7 Å². The maximum absolute atomic E-state index is 5.25. The van der Waals surface area contributed by atoms with E-state index in [9.17, 15) is 0 Å². The van der Waals surface area contributed by atoms with Crippen LogP contribution in [0.1, 0.15) is 45.4 Å². The average Bonchev–Trinajstić information content (AvgIpc) is 2.57. The molecule has 1 aliphatic heterocycles. The standard InChI is InChI=1S/C9H18O2S/c1-2-3-4-5-6-7-9-8-10-12-11-9/h9H,2-8H2,1H3/t9-/m1/s1. The zero-order chi connectivity index (χ0) is 8.65. The third kappa shape index (κ3) is 4.33. The molecule has 0 spiro atoms. The lowest BCUT2D eigenvalue weighted by molar-refractivity contribution is 0.224. The normalized spacial score (nSPS) is 23.2. The van der Waals surface area contributed by atoms with Gasteiger partial charge in [-0.15, -0.1) is 0 Å². The van der Waals surface area contributed by atoms with E-state index in [2.05, 4.69) is 6.92 Å². The fourth-order valence-electron chi connectivity index (χ4n) is 1.32. The van der Waals surface area contributed by atoms with Gasteiger partial charge in [0.1, 0.15) is 0 Å². The minimum atomic E-state index is 0.358. The van der Waals surface area contributed by atoms with Crippen LogP contribution in [0.15, 0.2) is 0 Å². The van der Waals surface area contributed by atoms with E-state index in [0.717, 1.165) is 25.4 Å². The van der Waals surface area contributed by atoms with Crippen LogP contribution < -0.4 is 0 Å². The summed E-state index contributed by atoms with van der Waals surface area (Å²) in [6.07, 6.45) is 8.22. The molecular weight excluding hydrogens is 172 g/mol. The molecule has 0 N–H and O–H groups in total. The van der Waals surface area contributed by atoms with Gasteiger partial charge < -0.3 is 0 Å². The summed E-state index contributed by atoms with van der Waals surface area (Å²) in [6.45, 7) is 3.02. The summed E-state index contributed by atoms with van der Waals surface area (Å²) >= 11 is 1.15. The molecule has 0 aromatic heterocycles. The van der Waals surface area contributed by atoms with Crippen LogP contribution in [0.4, 0.5) is 0 Å². The van der Waals surface area contributed by atoms with Crippen molar-refractivity contribution < 1.29 is 8.37 Å². The van der Waals surface area contributed by atoms with E-state index in [4.69, 9.17) is 8.37 Å². The lowest BCUT2D eigenvalue weighted by atomic mass is 10.1. The molecule has 0 unspecified atom stereocenters. The Labute approximate surface area is 79.4 Å². The van der Waals surface area contributed by atoms with Gasteiger partial charge in [0.2, 0.25) is 0 Å². The van der Waals surface area contributed by atoms with Crippen LogP contribution in [0.5, 0.6) is 0 Å². The monoisotopic (exact) mass is 190 g/mol. The molecule has 1 atom stereocenters. The van der Waals surface area contributed by atoms with Crippen molar-refractivity contribution in [2.75, 3.05) is 6.61 Å². The number of hydrogen-bond acceptors (Lipinski definition) is 3. The van der Waals surface area contributed by atoms with Crippen LogP contribution in [0.25, 0.3) is 0 Å². The fourth-order valence-corrected chi connectivity index (χ4v) is 1.85. The second-order valence-electron chi connectivity index (χ2n) is 3.27. The van der Waals surface area contributed by atoms with Gasteiger partial charge in [-0.3, -0.25) is 8.37 Å². The number of rotatable bonds is 6. The van der Waals surface area contributed by atoms with Gasteiger partial charge >= 0.3 is 0 Å². The molecule has 0 aromatic carbocycles. The van der Waals surface area contributed by atoms with Gasteiger partial charge in [0.15, 0.2) is 12.3 Å². The van der Waals surface area contributed by atoms with E-state index in [-0.39, 0.29) is 0 Å². The van der Waals surface area contributed by atoms with Gasteiger partial charge in [-0.25, -0.2) is 0 Å².